The Morgan fingerprint density at radius 1 is 0.915 bits per heavy atom. The topological polar surface area (TPSA) is 189 Å². The summed E-state index contributed by atoms with van der Waals surface area (Å²) in [4.78, 5) is 43.3. The van der Waals surface area contributed by atoms with Gasteiger partial charge in [-0.15, -0.1) is 0 Å². The fraction of sp³-hybridized carbons (Fsp3) is 0.294. The van der Waals surface area contributed by atoms with Gasteiger partial charge in [0, 0.05) is 34.5 Å². The molecule has 0 heterocycles. The van der Waals surface area contributed by atoms with Crippen LogP contribution in [0.15, 0.2) is 71.5 Å². The molecule has 6 rings (SSSR count). The van der Waals surface area contributed by atoms with E-state index in [-0.39, 0.29) is 28.4 Å². The number of aliphatic hydroxyl groups excluding tert-OH is 2. The first-order valence-electron chi connectivity index (χ1n) is 14.9. The SMILES string of the molecule is CN(C)C1c2ccc(NC(=S)Nc3cccc4ccccc34)c(O)c2C(O)=C2C(=O)[C@]3(O)C(O)=C(C(N)=O)C(=O)[C@@H](N(C)C)C3CC21. The van der Waals surface area contributed by atoms with Gasteiger partial charge in [0.1, 0.15) is 22.8 Å². The van der Waals surface area contributed by atoms with Crippen molar-refractivity contribution in [3.05, 3.63) is 82.6 Å². The number of Topliss-reactive ketones (excluding diaryl/α,β-unsaturated/α-hetero) is 2. The summed E-state index contributed by atoms with van der Waals surface area (Å²) >= 11 is 5.56. The van der Waals surface area contributed by atoms with Gasteiger partial charge in [0.05, 0.1) is 17.3 Å². The number of ketones is 2. The number of aromatic hydroxyl groups is 1. The number of benzene rings is 3. The molecular formula is C34H35N5O7S. The van der Waals surface area contributed by atoms with Gasteiger partial charge in [-0.3, -0.25) is 19.3 Å². The van der Waals surface area contributed by atoms with Crippen LogP contribution >= 0.6 is 12.2 Å². The first-order chi connectivity index (χ1) is 22.2. The number of phenols is 1. The van der Waals surface area contributed by atoms with Gasteiger partial charge in [-0.1, -0.05) is 42.5 Å². The van der Waals surface area contributed by atoms with E-state index in [2.05, 4.69) is 10.6 Å². The zero-order chi connectivity index (χ0) is 34.1. The van der Waals surface area contributed by atoms with Crippen molar-refractivity contribution in [2.45, 2.75) is 24.1 Å². The maximum absolute atomic E-state index is 14.4. The second-order valence-electron chi connectivity index (χ2n) is 12.6. The predicted octanol–water partition coefficient (Wildman–Crippen LogP) is 2.99. The lowest BCUT2D eigenvalue weighted by molar-refractivity contribution is -0.154. The van der Waals surface area contributed by atoms with E-state index < -0.39 is 69.8 Å². The van der Waals surface area contributed by atoms with Crippen molar-refractivity contribution in [1.82, 2.24) is 9.80 Å². The molecule has 5 atom stereocenters. The first-order valence-corrected chi connectivity index (χ1v) is 15.3. The summed E-state index contributed by atoms with van der Waals surface area (Å²) in [5.41, 5.74) is 2.89. The van der Waals surface area contributed by atoms with Crippen molar-refractivity contribution in [2.75, 3.05) is 38.8 Å². The van der Waals surface area contributed by atoms with Gasteiger partial charge in [0.15, 0.2) is 16.5 Å². The number of hydrogen-bond donors (Lipinski definition) is 7. The molecule has 0 radical (unpaired) electrons. The number of thiocarbonyl (C=S) groups is 1. The number of hydrogen-bond acceptors (Lipinski definition) is 10. The van der Waals surface area contributed by atoms with Gasteiger partial charge in [-0.2, -0.15) is 0 Å². The smallest absolute Gasteiger partial charge is 0.255 e. The quantitative estimate of drug-likeness (QED) is 0.121. The minimum Gasteiger partial charge on any atom is -0.508 e. The van der Waals surface area contributed by atoms with Crippen LogP contribution in [-0.2, 0) is 14.4 Å². The summed E-state index contributed by atoms with van der Waals surface area (Å²) in [5.74, 6) is -7.27. The van der Waals surface area contributed by atoms with Gasteiger partial charge < -0.3 is 41.7 Å². The number of anilines is 2. The van der Waals surface area contributed by atoms with Crippen LogP contribution in [-0.4, -0.2) is 92.6 Å². The Kier molecular flexibility index (Phi) is 7.83. The number of fused-ring (bicyclic) bond motifs is 4. The highest BCUT2D eigenvalue weighted by Crippen LogP contribution is 2.57. The van der Waals surface area contributed by atoms with Crippen molar-refractivity contribution in [3.63, 3.8) is 0 Å². The van der Waals surface area contributed by atoms with Crippen LogP contribution in [0.25, 0.3) is 16.5 Å². The number of nitrogens with two attached hydrogens (primary N) is 1. The van der Waals surface area contributed by atoms with Crippen molar-refractivity contribution in [2.24, 2.45) is 17.6 Å². The van der Waals surface area contributed by atoms with E-state index in [0.717, 1.165) is 16.5 Å². The third-order valence-electron chi connectivity index (χ3n) is 9.55. The molecule has 8 N–H and O–H groups in total. The first kappa shape index (κ1) is 32.1. The van der Waals surface area contributed by atoms with Crippen LogP contribution in [0, 0.1) is 11.8 Å². The molecule has 0 aromatic heterocycles. The fourth-order valence-electron chi connectivity index (χ4n) is 7.59. The molecule has 1 fully saturated rings. The van der Waals surface area contributed by atoms with Crippen LogP contribution in [0.5, 0.6) is 5.75 Å². The number of primary amides is 1. The molecule has 3 aromatic carbocycles. The molecule has 13 heteroatoms. The van der Waals surface area contributed by atoms with Crippen LogP contribution in [0.3, 0.4) is 0 Å². The van der Waals surface area contributed by atoms with Gasteiger partial charge >= 0.3 is 0 Å². The summed E-state index contributed by atoms with van der Waals surface area (Å²) in [6, 6.07) is 15.0. The molecule has 0 spiro atoms. The maximum atomic E-state index is 14.4. The van der Waals surface area contributed by atoms with E-state index in [1.165, 1.54) is 4.90 Å². The molecule has 47 heavy (non-hydrogen) atoms. The molecule has 1 amide bonds. The van der Waals surface area contributed by atoms with Crippen molar-refractivity contribution >= 4 is 62.7 Å². The predicted molar refractivity (Wildman–Crippen MR) is 181 cm³/mol. The number of carbonyl (C=O) groups excluding carboxylic acids is 3. The zero-order valence-electron chi connectivity index (χ0n) is 26.1. The van der Waals surface area contributed by atoms with E-state index in [1.807, 2.05) is 47.4 Å². The van der Waals surface area contributed by atoms with Crippen molar-refractivity contribution in [3.8, 4) is 5.75 Å². The standard InChI is InChI=1S/C34H35N5O7S/c1-38(2)25-17-12-13-21(37-33(47)36-20-11-7-9-15-8-5-6-10-16(15)20)27(40)22(17)28(41)23-18(25)14-19-26(39(3)4)29(42)24(32(35)45)31(44)34(19,46)30(23)43/h5-13,18-19,25-26,40-41,44,46H,14H2,1-4H3,(H2,35,45)(H2,36,37,47)/t18?,19?,25?,26-,34-/m0/s1. The van der Waals surface area contributed by atoms with E-state index in [9.17, 15) is 34.8 Å². The fourth-order valence-corrected chi connectivity index (χ4v) is 7.81. The third kappa shape index (κ3) is 4.76. The van der Waals surface area contributed by atoms with E-state index >= 15 is 0 Å². The summed E-state index contributed by atoms with van der Waals surface area (Å²) in [6.07, 6.45) is -0.0333. The van der Waals surface area contributed by atoms with Crippen LogP contribution < -0.4 is 16.4 Å². The molecule has 12 nitrogen and oxygen atoms in total. The number of nitrogens with zero attached hydrogens (tertiary/aromatic N) is 2. The molecule has 0 aliphatic heterocycles. The number of carbonyl (C=O) groups is 3. The lowest BCUT2D eigenvalue weighted by Crippen LogP contribution is -2.66. The molecule has 3 aromatic rings. The number of rotatable bonds is 5. The molecule has 3 aliphatic rings. The minimum atomic E-state index is -2.74. The van der Waals surface area contributed by atoms with Gasteiger partial charge in [0.25, 0.3) is 5.91 Å². The summed E-state index contributed by atoms with van der Waals surface area (Å²) in [6.45, 7) is 0. The lowest BCUT2D eigenvalue weighted by atomic mass is 9.56. The number of likely N-dealkylation sites (N-methyl/N-ethyl adjacent to an activating group) is 1. The summed E-state index contributed by atoms with van der Waals surface area (Å²) < 4.78 is 0. The second-order valence-corrected chi connectivity index (χ2v) is 13.0. The van der Waals surface area contributed by atoms with E-state index in [0.29, 0.717) is 5.56 Å². The summed E-state index contributed by atoms with van der Waals surface area (Å²) in [7, 11) is 6.65. The highest BCUT2D eigenvalue weighted by atomic mass is 32.1. The Morgan fingerprint density at radius 2 is 1.55 bits per heavy atom. The molecule has 3 aliphatic carbocycles. The minimum absolute atomic E-state index is 0.0333. The van der Waals surface area contributed by atoms with E-state index in [1.54, 1.807) is 40.3 Å². The van der Waals surface area contributed by atoms with Crippen LogP contribution in [0.1, 0.15) is 23.6 Å². The molecule has 0 bridgehead atoms. The monoisotopic (exact) mass is 657 g/mol. The largest absolute Gasteiger partial charge is 0.508 e. The highest BCUT2D eigenvalue weighted by molar-refractivity contribution is 7.80. The molecule has 1 saturated carbocycles. The number of nitrogens with one attached hydrogen (secondary N) is 2. The van der Waals surface area contributed by atoms with Crippen molar-refractivity contribution in [1.29, 1.82) is 0 Å². The number of amides is 1. The van der Waals surface area contributed by atoms with Crippen LogP contribution in [0.4, 0.5) is 11.4 Å². The molecule has 244 valence electrons. The highest BCUT2D eigenvalue weighted by Gasteiger charge is 2.65. The Bertz CT molecular complexity index is 1950. The summed E-state index contributed by atoms with van der Waals surface area (Å²) in [5, 5.41) is 54.6. The maximum Gasteiger partial charge on any atom is 0.255 e. The zero-order valence-corrected chi connectivity index (χ0v) is 26.9. The van der Waals surface area contributed by atoms with Gasteiger partial charge in [-0.25, -0.2) is 0 Å². The number of aliphatic hydroxyl groups is 3. The Morgan fingerprint density at radius 3 is 2.21 bits per heavy atom. The Labute approximate surface area is 275 Å². The molecular weight excluding hydrogens is 622 g/mol. The third-order valence-corrected chi connectivity index (χ3v) is 9.75. The second kappa shape index (κ2) is 11.5. The van der Waals surface area contributed by atoms with Crippen molar-refractivity contribution < 1.29 is 34.8 Å². The molecule has 0 saturated heterocycles. The lowest BCUT2D eigenvalue weighted by Gasteiger charge is -2.52. The Balaban J connectivity index is 1.45. The Hall–Kier alpha value is -4.82. The molecule has 3 unspecified atom stereocenters. The average Bonchev–Trinajstić information content (AvgIpc) is 3.00. The average molecular weight is 658 g/mol. The number of phenolic OH excluding ortho intramolecular Hbond substituents is 1. The normalized spacial score (nSPS) is 25.5. The van der Waals surface area contributed by atoms with Crippen LogP contribution in [0.2, 0.25) is 0 Å². The van der Waals surface area contributed by atoms with Gasteiger partial charge in [-0.05, 0) is 69.9 Å². The van der Waals surface area contributed by atoms with E-state index in [4.69, 9.17) is 18.0 Å². The van der Waals surface area contributed by atoms with Gasteiger partial charge in [0.2, 0.25) is 5.78 Å².